The number of hydrogen-bond acceptors (Lipinski definition) is 4. The molecule has 37 heavy (non-hydrogen) atoms. The summed E-state index contributed by atoms with van der Waals surface area (Å²) in [4.78, 5) is 21.9. The molecule has 0 aliphatic carbocycles. The molecule has 7 nitrogen and oxygen atoms in total. The highest BCUT2D eigenvalue weighted by Crippen LogP contribution is 2.48. The van der Waals surface area contributed by atoms with E-state index in [0.29, 0.717) is 26.3 Å². The van der Waals surface area contributed by atoms with E-state index in [0.717, 1.165) is 53.2 Å². The Balaban J connectivity index is 1.38. The summed E-state index contributed by atoms with van der Waals surface area (Å²) in [6.07, 6.45) is 6.68. The maximum atomic E-state index is 14.8. The first-order valence-corrected chi connectivity index (χ1v) is 14.0. The fourth-order valence-corrected chi connectivity index (χ4v) is 5.74. The number of nitrogens with zero attached hydrogens (tertiary/aromatic N) is 4. The minimum absolute atomic E-state index is 0.110. The number of nitrogens with one attached hydrogen (secondary N) is 1. The van der Waals surface area contributed by atoms with Crippen LogP contribution >= 0.6 is 22.6 Å². The molecule has 0 radical (unpaired) electrons. The van der Waals surface area contributed by atoms with Crippen molar-refractivity contribution in [2.24, 2.45) is 11.3 Å². The number of halogens is 2. The molecule has 4 heterocycles. The molecule has 9 heteroatoms. The van der Waals surface area contributed by atoms with Crippen LogP contribution in [0.3, 0.4) is 0 Å². The predicted octanol–water partition coefficient (Wildman–Crippen LogP) is 6.15. The summed E-state index contributed by atoms with van der Waals surface area (Å²) in [5.41, 5.74) is 5.47. The SMILES string of the molecule is Cc1ccc(NC(=O)N2CCC(C(C)(C)C(C)(F)I)C2)cc1-c1cc(N2CCOCC2)c2nccn2c1. The van der Waals surface area contributed by atoms with E-state index in [1.54, 1.807) is 6.92 Å². The Morgan fingerprint density at radius 3 is 2.68 bits per heavy atom. The fourth-order valence-electron chi connectivity index (χ4n) is 5.30. The van der Waals surface area contributed by atoms with Gasteiger partial charge < -0.3 is 24.3 Å². The van der Waals surface area contributed by atoms with Crippen molar-refractivity contribution < 1.29 is 13.9 Å². The van der Waals surface area contributed by atoms with Gasteiger partial charge in [0.05, 0.1) is 18.9 Å². The van der Waals surface area contributed by atoms with Crippen molar-refractivity contribution in [3.05, 3.63) is 48.4 Å². The van der Waals surface area contributed by atoms with Gasteiger partial charge in [0.2, 0.25) is 0 Å². The second-order valence-electron chi connectivity index (χ2n) is 10.9. The normalized spacial score (nSPS) is 20.3. The fraction of sp³-hybridized carbons (Fsp3) is 0.500. The zero-order valence-corrected chi connectivity index (χ0v) is 24.1. The van der Waals surface area contributed by atoms with Gasteiger partial charge in [0, 0.05) is 61.4 Å². The van der Waals surface area contributed by atoms with Gasteiger partial charge in [-0.1, -0.05) is 19.9 Å². The Labute approximate surface area is 231 Å². The van der Waals surface area contributed by atoms with Crippen LogP contribution in [0.1, 0.15) is 32.8 Å². The number of pyridine rings is 1. The number of hydrogen-bond donors (Lipinski definition) is 1. The summed E-state index contributed by atoms with van der Waals surface area (Å²) >= 11 is 1.88. The molecule has 2 atom stereocenters. The number of imidazole rings is 1. The number of likely N-dealkylation sites (tertiary alicyclic amines) is 1. The molecule has 2 aliphatic rings. The third kappa shape index (κ3) is 5.16. The first-order chi connectivity index (χ1) is 17.5. The molecule has 2 aromatic heterocycles. The number of amides is 2. The van der Waals surface area contributed by atoms with Crippen molar-refractivity contribution in [3.8, 4) is 11.1 Å². The summed E-state index contributed by atoms with van der Waals surface area (Å²) in [6.45, 7) is 11.9. The van der Waals surface area contributed by atoms with Crippen LogP contribution in [0.25, 0.3) is 16.8 Å². The lowest BCUT2D eigenvalue weighted by Crippen LogP contribution is -2.41. The molecule has 2 aliphatic heterocycles. The van der Waals surface area contributed by atoms with Gasteiger partial charge in [0.1, 0.15) is 0 Å². The summed E-state index contributed by atoms with van der Waals surface area (Å²) in [5.74, 6) is 0.110. The van der Waals surface area contributed by atoms with Gasteiger partial charge in [-0.05, 0) is 78.1 Å². The van der Waals surface area contributed by atoms with Crippen LogP contribution in [0.5, 0.6) is 0 Å². The summed E-state index contributed by atoms with van der Waals surface area (Å²) < 4.78 is 21.1. The van der Waals surface area contributed by atoms with E-state index in [4.69, 9.17) is 4.74 Å². The Morgan fingerprint density at radius 2 is 1.95 bits per heavy atom. The highest BCUT2D eigenvalue weighted by Gasteiger charge is 2.47. The largest absolute Gasteiger partial charge is 0.378 e. The number of carbonyl (C=O) groups is 1. The number of aromatic nitrogens is 2. The van der Waals surface area contributed by atoms with Crippen LogP contribution in [0, 0.1) is 18.3 Å². The third-order valence-electron chi connectivity index (χ3n) is 8.25. The van der Waals surface area contributed by atoms with E-state index in [-0.39, 0.29) is 11.9 Å². The number of benzene rings is 1. The lowest BCUT2D eigenvalue weighted by atomic mass is 9.75. The van der Waals surface area contributed by atoms with Gasteiger partial charge in [-0.3, -0.25) is 0 Å². The van der Waals surface area contributed by atoms with Crippen LogP contribution in [0.15, 0.2) is 42.9 Å². The molecular formula is C28H35FIN5O2. The van der Waals surface area contributed by atoms with Crippen molar-refractivity contribution in [2.75, 3.05) is 49.6 Å². The highest BCUT2D eigenvalue weighted by atomic mass is 127. The van der Waals surface area contributed by atoms with Crippen molar-refractivity contribution in [1.29, 1.82) is 0 Å². The Bertz CT molecular complexity index is 1300. The van der Waals surface area contributed by atoms with E-state index in [2.05, 4.69) is 38.8 Å². The number of ether oxygens (including phenoxy) is 1. The molecule has 0 saturated carbocycles. The lowest BCUT2D eigenvalue weighted by molar-refractivity contribution is 0.0786. The van der Waals surface area contributed by atoms with Crippen molar-refractivity contribution in [3.63, 3.8) is 0 Å². The minimum Gasteiger partial charge on any atom is -0.378 e. The number of carbonyl (C=O) groups excluding carboxylic acids is 1. The summed E-state index contributed by atoms with van der Waals surface area (Å²) in [7, 11) is 0. The second-order valence-corrected chi connectivity index (χ2v) is 12.9. The zero-order valence-electron chi connectivity index (χ0n) is 21.9. The molecule has 3 aromatic rings. The topological polar surface area (TPSA) is 62.1 Å². The average molecular weight is 620 g/mol. The Kier molecular flexibility index (Phi) is 7.12. The van der Waals surface area contributed by atoms with E-state index >= 15 is 0 Å². The second kappa shape index (κ2) is 10.1. The van der Waals surface area contributed by atoms with E-state index < -0.39 is 9.09 Å². The molecule has 1 aromatic carbocycles. The smallest absolute Gasteiger partial charge is 0.321 e. The van der Waals surface area contributed by atoms with Gasteiger partial charge in [0.15, 0.2) is 9.32 Å². The zero-order chi connectivity index (χ0) is 26.4. The van der Waals surface area contributed by atoms with E-state index in [9.17, 15) is 9.18 Å². The first-order valence-electron chi connectivity index (χ1n) is 12.9. The maximum absolute atomic E-state index is 14.8. The van der Waals surface area contributed by atoms with Gasteiger partial charge >= 0.3 is 6.03 Å². The standard InChI is InChI=1S/C28H35FIN5O2/c1-19-5-6-22(32-26(36)35-9-7-21(18-35)27(2,3)28(4,29)30)16-23(19)20-15-24(33-11-13-37-14-12-33)25-31-8-10-34(25)17-20/h5-6,8,10,15-17,21H,7,9,11-14,18H2,1-4H3,(H,32,36). The predicted molar refractivity (Wildman–Crippen MR) is 154 cm³/mol. The van der Waals surface area contributed by atoms with Crippen LogP contribution < -0.4 is 10.2 Å². The number of aryl methyl sites for hydroxylation is 1. The molecule has 2 saturated heterocycles. The van der Waals surface area contributed by atoms with Crippen molar-refractivity contribution in [1.82, 2.24) is 14.3 Å². The number of morpholine rings is 1. The molecule has 0 spiro atoms. The molecule has 1 N–H and O–H groups in total. The summed E-state index contributed by atoms with van der Waals surface area (Å²) in [6, 6.07) is 8.07. The molecule has 0 bridgehead atoms. The van der Waals surface area contributed by atoms with Crippen LogP contribution in [0.2, 0.25) is 0 Å². The Hall–Kier alpha value is -2.40. The number of rotatable bonds is 5. The minimum atomic E-state index is -1.34. The van der Waals surface area contributed by atoms with E-state index in [1.807, 2.05) is 71.9 Å². The number of alkyl halides is 2. The summed E-state index contributed by atoms with van der Waals surface area (Å²) in [5, 5.41) is 3.09. The number of fused-ring (bicyclic) bond motifs is 1. The number of anilines is 2. The van der Waals surface area contributed by atoms with Crippen molar-refractivity contribution in [2.45, 2.75) is 37.8 Å². The van der Waals surface area contributed by atoms with Gasteiger partial charge in [-0.25, -0.2) is 14.2 Å². The van der Waals surface area contributed by atoms with Gasteiger partial charge in [-0.15, -0.1) is 0 Å². The van der Waals surface area contributed by atoms with Gasteiger partial charge in [0.25, 0.3) is 0 Å². The van der Waals surface area contributed by atoms with Crippen molar-refractivity contribution >= 4 is 45.6 Å². The van der Waals surface area contributed by atoms with Crippen LogP contribution in [-0.2, 0) is 4.74 Å². The van der Waals surface area contributed by atoms with E-state index in [1.165, 1.54) is 0 Å². The molecular weight excluding hydrogens is 584 g/mol. The molecule has 2 unspecified atom stereocenters. The molecule has 5 rings (SSSR count). The van der Waals surface area contributed by atoms with Crippen LogP contribution in [0.4, 0.5) is 20.6 Å². The third-order valence-corrected chi connectivity index (χ3v) is 9.64. The number of urea groups is 1. The molecule has 2 amide bonds. The monoisotopic (exact) mass is 619 g/mol. The molecule has 198 valence electrons. The lowest BCUT2D eigenvalue weighted by Gasteiger charge is -2.38. The maximum Gasteiger partial charge on any atom is 0.321 e. The first kappa shape index (κ1) is 26.2. The Morgan fingerprint density at radius 1 is 1.19 bits per heavy atom. The van der Waals surface area contributed by atoms with Crippen LogP contribution in [-0.4, -0.2) is 63.4 Å². The van der Waals surface area contributed by atoms with Gasteiger partial charge in [-0.2, -0.15) is 0 Å². The molecule has 2 fully saturated rings. The quantitative estimate of drug-likeness (QED) is 0.275. The highest BCUT2D eigenvalue weighted by molar-refractivity contribution is 14.1. The average Bonchev–Trinajstić information content (AvgIpc) is 3.55.